The lowest BCUT2D eigenvalue weighted by Crippen LogP contribution is -2.34. The molecule has 7 nitrogen and oxygen atoms in total. The quantitative estimate of drug-likeness (QED) is 0.207. The van der Waals surface area contributed by atoms with Gasteiger partial charge in [0.1, 0.15) is 17.0 Å². The van der Waals surface area contributed by atoms with E-state index in [-0.39, 0.29) is 5.11 Å². The molecule has 4 aromatic carbocycles. The van der Waals surface area contributed by atoms with Crippen LogP contribution in [0, 0.1) is 0 Å². The fourth-order valence-electron chi connectivity index (χ4n) is 3.91. The van der Waals surface area contributed by atoms with Crippen molar-refractivity contribution in [3.63, 3.8) is 0 Å². The van der Waals surface area contributed by atoms with Crippen molar-refractivity contribution in [3.05, 3.63) is 81.8 Å². The number of rotatable bonds is 5. The van der Waals surface area contributed by atoms with Gasteiger partial charge in [0.2, 0.25) is 5.89 Å². The molecule has 0 unspecified atom stereocenters. The first-order valence-electron chi connectivity index (χ1n) is 11.0. The first-order valence-corrected chi connectivity index (χ1v) is 12.6. The predicted octanol–water partition coefficient (Wildman–Crippen LogP) is 7.21. The normalized spacial score (nSPS) is 10.9. The maximum atomic E-state index is 13.1. The number of oxazole rings is 1. The molecule has 0 spiro atoms. The maximum absolute atomic E-state index is 13.1. The van der Waals surface area contributed by atoms with E-state index in [1.165, 1.54) is 7.11 Å². The molecule has 0 fully saturated rings. The van der Waals surface area contributed by atoms with Crippen LogP contribution >= 0.6 is 39.7 Å². The maximum Gasteiger partial charge on any atom is 0.261 e. The van der Waals surface area contributed by atoms with Gasteiger partial charge in [0.15, 0.2) is 10.7 Å². The van der Waals surface area contributed by atoms with E-state index < -0.39 is 5.91 Å². The van der Waals surface area contributed by atoms with Crippen LogP contribution in [-0.2, 0) is 0 Å². The lowest BCUT2D eigenvalue weighted by molar-refractivity contribution is 0.0975. The molecule has 10 heteroatoms. The van der Waals surface area contributed by atoms with Crippen molar-refractivity contribution >= 4 is 78.3 Å². The second kappa shape index (κ2) is 10.4. The van der Waals surface area contributed by atoms with Gasteiger partial charge in [-0.05, 0) is 81.4 Å². The SMILES string of the molecule is COc1ccc(-c2nc3cc(NC(=S)NC(=O)c4cc5ccccc5c(Br)c4OC)ccc3o2)cc1Cl. The van der Waals surface area contributed by atoms with Crippen LogP contribution < -0.4 is 20.1 Å². The highest BCUT2D eigenvalue weighted by molar-refractivity contribution is 9.10. The second-order valence-corrected chi connectivity index (χ2v) is 9.56. The number of halogens is 2. The molecular weight excluding hydrogens is 578 g/mol. The van der Waals surface area contributed by atoms with Gasteiger partial charge < -0.3 is 19.2 Å². The summed E-state index contributed by atoms with van der Waals surface area (Å²) < 4.78 is 17.3. The minimum atomic E-state index is -0.401. The molecule has 1 heterocycles. The largest absolute Gasteiger partial charge is 0.495 e. The van der Waals surface area contributed by atoms with Gasteiger partial charge in [-0.3, -0.25) is 10.1 Å². The number of fused-ring (bicyclic) bond motifs is 2. The molecule has 0 atom stereocenters. The summed E-state index contributed by atoms with van der Waals surface area (Å²) in [6.45, 7) is 0. The Hall–Kier alpha value is -3.66. The monoisotopic (exact) mass is 595 g/mol. The number of anilines is 1. The number of carbonyl (C=O) groups is 1. The summed E-state index contributed by atoms with van der Waals surface area (Å²) in [5.74, 6) is 1.01. The Kier molecular flexibility index (Phi) is 7.01. The number of methoxy groups -OCH3 is 2. The topological polar surface area (TPSA) is 85.6 Å². The van der Waals surface area contributed by atoms with Gasteiger partial charge in [0, 0.05) is 11.3 Å². The fourth-order valence-corrected chi connectivity index (χ4v) is 5.12. The fraction of sp³-hybridized carbons (Fsp3) is 0.0741. The summed E-state index contributed by atoms with van der Waals surface area (Å²) >= 11 is 15.2. The van der Waals surface area contributed by atoms with E-state index in [0.717, 1.165) is 16.3 Å². The summed E-state index contributed by atoms with van der Waals surface area (Å²) in [6.07, 6.45) is 0. The molecule has 5 aromatic rings. The van der Waals surface area contributed by atoms with E-state index in [0.29, 0.717) is 49.2 Å². The average Bonchev–Trinajstić information content (AvgIpc) is 3.32. The number of amides is 1. The lowest BCUT2D eigenvalue weighted by atomic mass is 10.1. The first-order chi connectivity index (χ1) is 17.9. The van der Waals surface area contributed by atoms with Gasteiger partial charge in [-0.1, -0.05) is 35.9 Å². The van der Waals surface area contributed by atoms with E-state index in [1.54, 1.807) is 43.5 Å². The average molecular weight is 597 g/mol. The van der Waals surface area contributed by atoms with Gasteiger partial charge in [-0.2, -0.15) is 0 Å². The van der Waals surface area contributed by atoms with E-state index in [4.69, 9.17) is 37.7 Å². The number of ether oxygens (including phenoxy) is 2. The molecule has 0 saturated carbocycles. The number of thiocarbonyl (C=S) groups is 1. The zero-order valence-corrected chi connectivity index (χ0v) is 22.8. The van der Waals surface area contributed by atoms with Crippen LogP contribution in [0.5, 0.6) is 11.5 Å². The summed E-state index contributed by atoms with van der Waals surface area (Å²) in [7, 11) is 3.07. The summed E-state index contributed by atoms with van der Waals surface area (Å²) in [6, 6.07) is 20.1. The van der Waals surface area contributed by atoms with Crippen LogP contribution in [0.3, 0.4) is 0 Å². The summed E-state index contributed by atoms with van der Waals surface area (Å²) in [5.41, 5.74) is 2.91. The zero-order valence-electron chi connectivity index (χ0n) is 19.6. The number of nitrogens with zero attached hydrogens (tertiary/aromatic N) is 1. The number of aromatic nitrogens is 1. The molecule has 2 N–H and O–H groups in total. The Bertz CT molecular complexity index is 1690. The van der Waals surface area contributed by atoms with Gasteiger partial charge in [-0.15, -0.1) is 0 Å². The minimum Gasteiger partial charge on any atom is -0.495 e. The van der Waals surface area contributed by atoms with Crippen LogP contribution in [0.2, 0.25) is 5.02 Å². The third kappa shape index (κ3) is 4.98. The molecule has 0 radical (unpaired) electrons. The molecule has 1 amide bonds. The Morgan fingerprint density at radius 2 is 1.86 bits per heavy atom. The first kappa shape index (κ1) is 25.0. The molecule has 37 heavy (non-hydrogen) atoms. The molecule has 0 bridgehead atoms. The van der Waals surface area contributed by atoms with Gasteiger partial charge in [0.25, 0.3) is 5.91 Å². The van der Waals surface area contributed by atoms with Crippen molar-refractivity contribution in [1.29, 1.82) is 0 Å². The molecule has 5 rings (SSSR count). The van der Waals surface area contributed by atoms with Crippen molar-refractivity contribution in [3.8, 4) is 23.0 Å². The van der Waals surface area contributed by atoms with Crippen molar-refractivity contribution in [2.75, 3.05) is 19.5 Å². The standard InChI is InChI=1S/C27H19BrClN3O4S/c1-34-21-9-7-15(12-19(21)29)26-31-20-13-16(8-10-22(20)36-26)30-27(37)32-25(33)18-11-14-5-3-4-6-17(14)23(28)24(18)35-2/h3-13H,1-2H3,(H2,30,32,33,37). The summed E-state index contributed by atoms with van der Waals surface area (Å²) in [4.78, 5) is 17.6. The zero-order chi connectivity index (χ0) is 26.1. The minimum absolute atomic E-state index is 0.126. The second-order valence-electron chi connectivity index (χ2n) is 7.95. The third-order valence-electron chi connectivity index (χ3n) is 5.66. The van der Waals surface area contributed by atoms with Crippen LogP contribution in [0.25, 0.3) is 33.3 Å². The summed E-state index contributed by atoms with van der Waals surface area (Å²) in [5, 5.41) is 8.16. The molecule has 0 aliphatic carbocycles. The molecule has 0 saturated heterocycles. The van der Waals surface area contributed by atoms with E-state index in [1.807, 2.05) is 30.3 Å². The van der Waals surface area contributed by atoms with Crippen LogP contribution in [-0.4, -0.2) is 30.2 Å². The molecule has 0 aliphatic heterocycles. The van der Waals surface area contributed by atoms with Crippen molar-refractivity contribution < 1.29 is 18.7 Å². The van der Waals surface area contributed by atoms with Crippen LogP contribution in [0.15, 0.2) is 75.6 Å². The Labute approximate surface area is 230 Å². The molecule has 0 aliphatic rings. The molecular formula is C27H19BrClN3O4S. The highest BCUT2D eigenvalue weighted by Crippen LogP contribution is 2.36. The smallest absolute Gasteiger partial charge is 0.261 e. The van der Waals surface area contributed by atoms with Crippen molar-refractivity contribution in [2.45, 2.75) is 0 Å². The predicted molar refractivity (Wildman–Crippen MR) is 153 cm³/mol. The highest BCUT2D eigenvalue weighted by Gasteiger charge is 2.19. The van der Waals surface area contributed by atoms with E-state index in [2.05, 4.69) is 31.5 Å². The molecule has 186 valence electrons. The van der Waals surface area contributed by atoms with Gasteiger partial charge in [0.05, 0.1) is 29.3 Å². The Balaban J connectivity index is 1.35. The van der Waals surface area contributed by atoms with Crippen molar-refractivity contribution in [1.82, 2.24) is 10.3 Å². The van der Waals surface area contributed by atoms with Crippen molar-refractivity contribution in [2.24, 2.45) is 0 Å². The number of benzene rings is 4. The Morgan fingerprint density at radius 1 is 1.05 bits per heavy atom. The van der Waals surface area contributed by atoms with E-state index in [9.17, 15) is 4.79 Å². The number of carbonyl (C=O) groups excluding carboxylic acids is 1. The van der Waals surface area contributed by atoms with Gasteiger partial charge in [-0.25, -0.2) is 4.98 Å². The number of nitrogens with one attached hydrogen (secondary N) is 2. The molecule has 1 aromatic heterocycles. The number of hydrogen-bond donors (Lipinski definition) is 2. The van der Waals surface area contributed by atoms with Crippen LogP contribution in [0.4, 0.5) is 5.69 Å². The highest BCUT2D eigenvalue weighted by atomic mass is 79.9. The van der Waals surface area contributed by atoms with E-state index >= 15 is 0 Å². The number of hydrogen-bond acceptors (Lipinski definition) is 6. The lowest BCUT2D eigenvalue weighted by Gasteiger charge is -2.14. The Morgan fingerprint density at radius 3 is 2.62 bits per heavy atom. The van der Waals surface area contributed by atoms with Crippen LogP contribution in [0.1, 0.15) is 10.4 Å². The third-order valence-corrected chi connectivity index (χ3v) is 6.95. The van der Waals surface area contributed by atoms with Gasteiger partial charge >= 0.3 is 0 Å².